The molecule has 33 heavy (non-hydrogen) atoms. The second kappa shape index (κ2) is 8.75. The van der Waals surface area contributed by atoms with E-state index in [1.165, 1.54) is 6.33 Å². The molecule has 0 saturated carbocycles. The fourth-order valence-corrected chi connectivity index (χ4v) is 3.34. The number of nitrogens with one attached hydrogen (secondary N) is 1. The van der Waals surface area contributed by atoms with E-state index >= 15 is 0 Å². The summed E-state index contributed by atoms with van der Waals surface area (Å²) in [6, 6.07) is 20.3. The maximum absolute atomic E-state index is 11.3. The van der Waals surface area contributed by atoms with Crippen LogP contribution in [0.2, 0.25) is 0 Å². The Kier molecular flexibility index (Phi) is 5.34. The summed E-state index contributed by atoms with van der Waals surface area (Å²) in [5, 5.41) is 7.55. The lowest BCUT2D eigenvalue weighted by molar-refractivity contribution is 0.100. The first-order chi connectivity index (χ1) is 16.2. The van der Waals surface area contributed by atoms with Gasteiger partial charge < -0.3 is 15.8 Å². The molecule has 0 radical (unpaired) electrons. The van der Waals surface area contributed by atoms with Gasteiger partial charge in [0.1, 0.15) is 24.5 Å². The Labute approximate surface area is 188 Å². The number of fused-ring (bicyclic) bond motifs is 1. The van der Waals surface area contributed by atoms with Crippen LogP contribution in [0.5, 0.6) is 5.75 Å². The van der Waals surface area contributed by atoms with Crippen LogP contribution >= 0.6 is 0 Å². The minimum Gasteiger partial charge on any atom is -0.489 e. The number of primary amides is 1. The second-order valence-electron chi connectivity index (χ2n) is 7.24. The molecule has 0 fully saturated rings. The summed E-state index contributed by atoms with van der Waals surface area (Å²) in [7, 11) is 0. The molecular formula is C24H19N7O2. The lowest BCUT2D eigenvalue weighted by Gasteiger charge is -2.11. The Morgan fingerprint density at radius 3 is 2.73 bits per heavy atom. The molecule has 0 aliphatic carbocycles. The number of carbonyl (C=O) groups is 1. The van der Waals surface area contributed by atoms with Gasteiger partial charge in [-0.1, -0.05) is 18.2 Å². The molecule has 9 heteroatoms. The van der Waals surface area contributed by atoms with Gasteiger partial charge in [0.2, 0.25) is 5.91 Å². The lowest BCUT2D eigenvalue weighted by atomic mass is 10.1. The number of nitrogens with two attached hydrogens (primary N) is 1. The largest absolute Gasteiger partial charge is 0.489 e. The highest BCUT2D eigenvalue weighted by molar-refractivity contribution is 5.93. The Morgan fingerprint density at radius 2 is 1.94 bits per heavy atom. The van der Waals surface area contributed by atoms with Crippen LogP contribution in [-0.2, 0) is 6.61 Å². The highest BCUT2D eigenvalue weighted by atomic mass is 16.5. The van der Waals surface area contributed by atoms with E-state index in [0.717, 1.165) is 28.3 Å². The Hall–Kier alpha value is -4.79. The van der Waals surface area contributed by atoms with Crippen LogP contribution in [0.25, 0.3) is 17.0 Å². The zero-order valence-electron chi connectivity index (χ0n) is 17.4. The number of nitrogens with zero attached hydrogens (tertiary/aromatic N) is 5. The number of carbonyl (C=O) groups excluding carboxylic acids is 1. The SMILES string of the molecule is NC(=O)c1ccc(Nc2cc(-c3cccc(OCc4cccnc4)c3)n3ncnc3n2)cc1. The number of benzene rings is 2. The van der Waals surface area contributed by atoms with Crippen molar-refractivity contribution in [2.45, 2.75) is 6.61 Å². The van der Waals surface area contributed by atoms with Crippen LogP contribution in [0.15, 0.2) is 85.5 Å². The van der Waals surface area contributed by atoms with Crippen molar-refractivity contribution in [2.75, 3.05) is 5.32 Å². The van der Waals surface area contributed by atoms with Crippen molar-refractivity contribution in [3.8, 4) is 17.0 Å². The number of pyridine rings is 1. The Balaban J connectivity index is 1.44. The van der Waals surface area contributed by atoms with Crippen molar-refractivity contribution in [3.05, 3.63) is 96.6 Å². The van der Waals surface area contributed by atoms with E-state index in [1.807, 2.05) is 42.5 Å². The molecule has 0 atom stereocenters. The normalized spacial score (nSPS) is 10.8. The standard InChI is InChI=1S/C24H19N7O2/c25-23(32)17-6-8-19(9-7-17)29-22-12-21(31-24(30-22)27-15-28-31)18-4-1-5-20(11-18)33-14-16-3-2-10-26-13-16/h1-13,15H,14H2,(H2,25,32)(H,27,28,29,30). The molecule has 5 rings (SSSR count). The van der Waals surface area contributed by atoms with E-state index in [1.54, 1.807) is 41.2 Å². The van der Waals surface area contributed by atoms with E-state index in [2.05, 4.69) is 25.4 Å². The average Bonchev–Trinajstić information content (AvgIpc) is 3.32. The summed E-state index contributed by atoms with van der Waals surface area (Å²) in [6.07, 6.45) is 4.97. The molecule has 3 aromatic heterocycles. The number of anilines is 2. The van der Waals surface area contributed by atoms with Crippen molar-refractivity contribution in [3.63, 3.8) is 0 Å². The van der Waals surface area contributed by atoms with Gasteiger partial charge in [-0.3, -0.25) is 9.78 Å². The first kappa shape index (κ1) is 20.1. The van der Waals surface area contributed by atoms with Crippen LogP contribution in [0.4, 0.5) is 11.5 Å². The number of amides is 1. The van der Waals surface area contributed by atoms with Gasteiger partial charge in [-0.2, -0.15) is 19.6 Å². The van der Waals surface area contributed by atoms with E-state index in [4.69, 9.17) is 10.5 Å². The average molecular weight is 437 g/mol. The zero-order valence-corrected chi connectivity index (χ0v) is 17.4. The van der Waals surface area contributed by atoms with Gasteiger partial charge in [0, 0.05) is 40.8 Å². The first-order valence-corrected chi connectivity index (χ1v) is 10.2. The minimum atomic E-state index is -0.475. The molecule has 0 aliphatic heterocycles. The van der Waals surface area contributed by atoms with Gasteiger partial charge in [-0.25, -0.2) is 0 Å². The third-order valence-corrected chi connectivity index (χ3v) is 4.95. The molecule has 162 valence electrons. The van der Waals surface area contributed by atoms with Gasteiger partial charge in [0.25, 0.3) is 5.78 Å². The molecule has 0 bridgehead atoms. The van der Waals surface area contributed by atoms with Gasteiger partial charge in [-0.15, -0.1) is 0 Å². The van der Waals surface area contributed by atoms with Crippen molar-refractivity contribution in [2.24, 2.45) is 5.73 Å². The minimum absolute atomic E-state index is 0.417. The van der Waals surface area contributed by atoms with Gasteiger partial charge in [-0.05, 0) is 42.5 Å². The number of aromatic nitrogens is 5. The fourth-order valence-electron chi connectivity index (χ4n) is 3.34. The van der Waals surface area contributed by atoms with Crippen LogP contribution in [0, 0.1) is 0 Å². The smallest absolute Gasteiger partial charge is 0.254 e. The summed E-state index contributed by atoms with van der Waals surface area (Å²) in [4.78, 5) is 24.2. The van der Waals surface area contributed by atoms with Crippen LogP contribution < -0.4 is 15.8 Å². The maximum Gasteiger partial charge on any atom is 0.254 e. The lowest BCUT2D eigenvalue weighted by Crippen LogP contribution is -2.10. The fraction of sp³-hybridized carbons (Fsp3) is 0.0417. The van der Waals surface area contributed by atoms with Gasteiger partial charge >= 0.3 is 0 Å². The number of hydrogen-bond donors (Lipinski definition) is 2. The predicted molar refractivity (Wildman–Crippen MR) is 123 cm³/mol. The van der Waals surface area contributed by atoms with E-state index in [0.29, 0.717) is 23.8 Å². The molecular weight excluding hydrogens is 418 g/mol. The van der Waals surface area contributed by atoms with Crippen molar-refractivity contribution in [1.82, 2.24) is 24.6 Å². The summed E-state index contributed by atoms with van der Waals surface area (Å²) >= 11 is 0. The number of rotatable bonds is 7. The molecule has 3 N–H and O–H groups in total. The van der Waals surface area contributed by atoms with Gasteiger partial charge in [0.05, 0.1) is 5.69 Å². The molecule has 0 aliphatic rings. The van der Waals surface area contributed by atoms with Crippen molar-refractivity contribution in [1.29, 1.82) is 0 Å². The molecule has 3 heterocycles. The van der Waals surface area contributed by atoms with Gasteiger partial charge in [0.15, 0.2) is 0 Å². The molecule has 9 nitrogen and oxygen atoms in total. The van der Waals surface area contributed by atoms with Crippen molar-refractivity contribution < 1.29 is 9.53 Å². The first-order valence-electron chi connectivity index (χ1n) is 10.2. The summed E-state index contributed by atoms with van der Waals surface area (Å²) in [6.45, 7) is 0.417. The molecule has 5 aromatic rings. The summed E-state index contributed by atoms with van der Waals surface area (Å²) in [5.74, 6) is 1.28. The third-order valence-electron chi connectivity index (χ3n) is 4.95. The molecule has 0 unspecified atom stereocenters. The van der Waals surface area contributed by atoms with Crippen LogP contribution in [0.3, 0.4) is 0 Å². The predicted octanol–water partition coefficient (Wildman–Crippen LogP) is 3.61. The molecule has 2 aromatic carbocycles. The number of ether oxygens (including phenoxy) is 1. The Morgan fingerprint density at radius 1 is 1.06 bits per heavy atom. The molecule has 1 amide bonds. The number of hydrogen-bond acceptors (Lipinski definition) is 7. The second-order valence-corrected chi connectivity index (χ2v) is 7.24. The van der Waals surface area contributed by atoms with E-state index in [9.17, 15) is 4.79 Å². The van der Waals surface area contributed by atoms with Crippen LogP contribution in [0.1, 0.15) is 15.9 Å². The maximum atomic E-state index is 11.3. The van der Waals surface area contributed by atoms with Crippen LogP contribution in [-0.4, -0.2) is 30.5 Å². The third kappa shape index (κ3) is 4.47. The monoisotopic (exact) mass is 437 g/mol. The summed E-state index contributed by atoms with van der Waals surface area (Å²) in [5.41, 5.74) is 9.18. The van der Waals surface area contributed by atoms with E-state index in [-0.39, 0.29) is 0 Å². The quantitative estimate of drug-likeness (QED) is 0.399. The summed E-state index contributed by atoms with van der Waals surface area (Å²) < 4.78 is 7.62. The highest BCUT2D eigenvalue weighted by Crippen LogP contribution is 2.27. The zero-order chi connectivity index (χ0) is 22.6. The highest BCUT2D eigenvalue weighted by Gasteiger charge is 2.11. The topological polar surface area (TPSA) is 120 Å². The molecule has 0 saturated heterocycles. The van der Waals surface area contributed by atoms with E-state index < -0.39 is 5.91 Å². The Bertz CT molecular complexity index is 1420. The molecule has 0 spiro atoms. The van der Waals surface area contributed by atoms with Crippen molar-refractivity contribution >= 4 is 23.2 Å².